The highest BCUT2D eigenvalue weighted by atomic mass is 16.5. The lowest BCUT2D eigenvalue weighted by Gasteiger charge is -2.24. The Bertz CT molecular complexity index is 371. The first kappa shape index (κ1) is 12.4. The van der Waals surface area contributed by atoms with Crippen LogP contribution >= 0.6 is 0 Å². The third-order valence-electron chi connectivity index (χ3n) is 3.70. The number of benzene rings is 1. The normalized spacial score (nSPS) is 28.6. The van der Waals surface area contributed by atoms with Gasteiger partial charge in [0, 0.05) is 6.04 Å². The highest BCUT2D eigenvalue weighted by Crippen LogP contribution is 2.40. The monoisotopic (exact) mass is 233 g/mol. The van der Waals surface area contributed by atoms with E-state index in [9.17, 15) is 0 Å². The van der Waals surface area contributed by atoms with Gasteiger partial charge in [0.1, 0.15) is 5.75 Å². The van der Waals surface area contributed by atoms with Crippen molar-refractivity contribution >= 4 is 0 Å². The fourth-order valence-electron chi connectivity index (χ4n) is 2.76. The third-order valence-corrected chi connectivity index (χ3v) is 3.70. The van der Waals surface area contributed by atoms with Crippen molar-refractivity contribution in [3.05, 3.63) is 29.8 Å². The first-order chi connectivity index (χ1) is 7.99. The van der Waals surface area contributed by atoms with Crippen molar-refractivity contribution in [1.29, 1.82) is 0 Å². The van der Waals surface area contributed by atoms with Gasteiger partial charge in [0.25, 0.3) is 0 Å². The molecule has 2 N–H and O–H groups in total. The van der Waals surface area contributed by atoms with Crippen LogP contribution in [0.3, 0.4) is 0 Å². The van der Waals surface area contributed by atoms with Gasteiger partial charge in [-0.15, -0.1) is 0 Å². The molecule has 1 saturated carbocycles. The Morgan fingerprint density at radius 3 is 2.41 bits per heavy atom. The fourth-order valence-corrected chi connectivity index (χ4v) is 2.76. The molecule has 0 bridgehead atoms. The van der Waals surface area contributed by atoms with Gasteiger partial charge in [-0.25, -0.2) is 0 Å². The fraction of sp³-hybridized carbons (Fsp3) is 0.600. The van der Waals surface area contributed by atoms with Crippen LogP contribution in [0.4, 0.5) is 0 Å². The van der Waals surface area contributed by atoms with Crippen LogP contribution in [0.5, 0.6) is 5.75 Å². The van der Waals surface area contributed by atoms with E-state index in [0.29, 0.717) is 6.04 Å². The Balaban J connectivity index is 2.12. The van der Waals surface area contributed by atoms with E-state index in [-0.39, 0.29) is 11.5 Å². The SMILES string of the molecule is CC(C)Oc1ccc(C2(C)CCC(N)C2)cc1. The van der Waals surface area contributed by atoms with E-state index in [4.69, 9.17) is 10.5 Å². The van der Waals surface area contributed by atoms with Gasteiger partial charge in [-0.3, -0.25) is 0 Å². The molecule has 0 heterocycles. The minimum Gasteiger partial charge on any atom is -0.491 e. The van der Waals surface area contributed by atoms with E-state index < -0.39 is 0 Å². The number of ether oxygens (including phenoxy) is 1. The largest absolute Gasteiger partial charge is 0.491 e. The first-order valence-electron chi connectivity index (χ1n) is 6.52. The smallest absolute Gasteiger partial charge is 0.119 e. The van der Waals surface area contributed by atoms with E-state index >= 15 is 0 Å². The van der Waals surface area contributed by atoms with Crippen molar-refractivity contribution in [2.75, 3.05) is 0 Å². The molecule has 0 saturated heterocycles. The summed E-state index contributed by atoms with van der Waals surface area (Å²) in [6.07, 6.45) is 3.66. The lowest BCUT2D eigenvalue weighted by atomic mass is 9.81. The molecule has 0 spiro atoms. The molecule has 2 unspecified atom stereocenters. The van der Waals surface area contributed by atoms with E-state index in [0.717, 1.165) is 18.6 Å². The molecule has 1 fully saturated rings. The molecule has 2 atom stereocenters. The van der Waals surface area contributed by atoms with Gasteiger partial charge in [0.05, 0.1) is 6.10 Å². The van der Waals surface area contributed by atoms with Gasteiger partial charge in [-0.05, 0) is 56.2 Å². The maximum atomic E-state index is 6.02. The van der Waals surface area contributed by atoms with Crippen molar-refractivity contribution < 1.29 is 4.74 Å². The third kappa shape index (κ3) is 2.81. The second-order valence-electron chi connectivity index (χ2n) is 5.75. The summed E-state index contributed by atoms with van der Waals surface area (Å²) in [6, 6.07) is 8.90. The van der Waals surface area contributed by atoms with Crippen LogP contribution in [-0.4, -0.2) is 12.1 Å². The van der Waals surface area contributed by atoms with Gasteiger partial charge < -0.3 is 10.5 Å². The Labute approximate surface area is 104 Å². The molecule has 2 heteroatoms. The Kier molecular flexibility index (Phi) is 3.43. The van der Waals surface area contributed by atoms with Crippen molar-refractivity contribution in [3.63, 3.8) is 0 Å². The summed E-state index contributed by atoms with van der Waals surface area (Å²) < 4.78 is 5.66. The minimum absolute atomic E-state index is 0.233. The summed E-state index contributed by atoms with van der Waals surface area (Å²) >= 11 is 0. The molecule has 17 heavy (non-hydrogen) atoms. The number of hydrogen-bond donors (Lipinski definition) is 1. The maximum Gasteiger partial charge on any atom is 0.119 e. The van der Waals surface area contributed by atoms with Crippen molar-refractivity contribution in [2.45, 2.75) is 57.6 Å². The quantitative estimate of drug-likeness (QED) is 0.870. The van der Waals surface area contributed by atoms with E-state index in [1.54, 1.807) is 0 Å². The summed E-state index contributed by atoms with van der Waals surface area (Å²) in [5, 5.41) is 0. The zero-order valence-corrected chi connectivity index (χ0v) is 11.1. The van der Waals surface area contributed by atoms with Crippen LogP contribution in [-0.2, 0) is 5.41 Å². The lowest BCUT2D eigenvalue weighted by molar-refractivity contribution is 0.242. The molecule has 0 aliphatic heterocycles. The molecular formula is C15H23NO. The van der Waals surface area contributed by atoms with Gasteiger partial charge >= 0.3 is 0 Å². The Hall–Kier alpha value is -1.02. The minimum atomic E-state index is 0.233. The first-order valence-corrected chi connectivity index (χ1v) is 6.52. The zero-order chi connectivity index (χ0) is 12.5. The van der Waals surface area contributed by atoms with Crippen LogP contribution in [0, 0.1) is 0 Å². The highest BCUT2D eigenvalue weighted by molar-refractivity contribution is 5.33. The van der Waals surface area contributed by atoms with Crippen LogP contribution < -0.4 is 10.5 Å². The summed E-state index contributed by atoms with van der Waals surface area (Å²) in [4.78, 5) is 0. The van der Waals surface area contributed by atoms with Gasteiger partial charge in [-0.1, -0.05) is 19.1 Å². The summed E-state index contributed by atoms with van der Waals surface area (Å²) in [5.41, 5.74) is 7.67. The molecule has 2 nitrogen and oxygen atoms in total. The molecular weight excluding hydrogens is 210 g/mol. The maximum absolute atomic E-state index is 6.02. The second kappa shape index (κ2) is 4.69. The number of nitrogens with two attached hydrogens (primary N) is 1. The van der Waals surface area contributed by atoms with Crippen LogP contribution in [0.15, 0.2) is 24.3 Å². The van der Waals surface area contributed by atoms with E-state index in [1.165, 1.54) is 12.0 Å². The predicted octanol–water partition coefficient (Wildman–Crippen LogP) is 3.24. The predicted molar refractivity (Wildman–Crippen MR) is 71.4 cm³/mol. The molecule has 1 aliphatic carbocycles. The molecule has 0 amide bonds. The standard InChI is InChI=1S/C15H23NO/c1-11(2)17-14-6-4-12(5-7-14)15(3)9-8-13(16)10-15/h4-7,11,13H,8-10,16H2,1-3H3. The van der Waals surface area contributed by atoms with Gasteiger partial charge in [0.15, 0.2) is 0 Å². The van der Waals surface area contributed by atoms with E-state index in [1.807, 2.05) is 13.8 Å². The Morgan fingerprint density at radius 1 is 1.29 bits per heavy atom. The van der Waals surface area contributed by atoms with Gasteiger partial charge in [-0.2, -0.15) is 0 Å². The van der Waals surface area contributed by atoms with Crippen LogP contribution in [0.2, 0.25) is 0 Å². The summed E-state index contributed by atoms with van der Waals surface area (Å²) in [5.74, 6) is 0.953. The molecule has 1 aromatic rings. The number of hydrogen-bond acceptors (Lipinski definition) is 2. The highest BCUT2D eigenvalue weighted by Gasteiger charge is 2.34. The van der Waals surface area contributed by atoms with Gasteiger partial charge in [0.2, 0.25) is 0 Å². The lowest BCUT2D eigenvalue weighted by Crippen LogP contribution is -2.22. The molecule has 94 valence electrons. The topological polar surface area (TPSA) is 35.2 Å². The molecule has 0 radical (unpaired) electrons. The average Bonchev–Trinajstić information content (AvgIpc) is 2.60. The molecule has 0 aromatic heterocycles. The van der Waals surface area contributed by atoms with E-state index in [2.05, 4.69) is 31.2 Å². The van der Waals surface area contributed by atoms with Crippen molar-refractivity contribution in [3.8, 4) is 5.75 Å². The van der Waals surface area contributed by atoms with Crippen molar-refractivity contribution in [1.82, 2.24) is 0 Å². The van der Waals surface area contributed by atoms with Crippen LogP contribution in [0.25, 0.3) is 0 Å². The average molecular weight is 233 g/mol. The molecule has 1 aromatic carbocycles. The molecule has 2 rings (SSSR count). The molecule has 1 aliphatic rings. The second-order valence-corrected chi connectivity index (χ2v) is 5.75. The Morgan fingerprint density at radius 2 is 1.94 bits per heavy atom. The summed E-state index contributed by atoms with van der Waals surface area (Å²) in [7, 11) is 0. The zero-order valence-electron chi connectivity index (χ0n) is 11.1. The van der Waals surface area contributed by atoms with Crippen LogP contribution in [0.1, 0.15) is 45.6 Å². The summed E-state index contributed by atoms with van der Waals surface area (Å²) in [6.45, 7) is 6.41. The van der Waals surface area contributed by atoms with Crippen molar-refractivity contribution in [2.24, 2.45) is 5.73 Å². The number of rotatable bonds is 3.